The molecular formula is C52H33NOS. The minimum absolute atomic E-state index is 0.905. The van der Waals surface area contributed by atoms with Crippen molar-refractivity contribution in [1.29, 1.82) is 0 Å². The van der Waals surface area contributed by atoms with Gasteiger partial charge in [0.2, 0.25) is 0 Å². The number of furan rings is 1. The molecule has 0 bridgehead atoms. The number of hydrogen-bond donors (Lipinski definition) is 0. The summed E-state index contributed by atoms with van der Waals surface area (Å²) in [5.41, 5.74) is 12.4. The molecule has 0 atom stereocenters. The van der Waals surface area contributed by atoms with Gasteiger partial charge in [0.1, 0.15) is 11.2 Å². The van der Waals surface area contributed by atoms with Crippen LogP contribution in [0.5, 0.6) is 0 Å². The summed E-state index contributed by atoms with van der Waals surface area (Å²) in [6, 6.07) is 72.1. The Kier molecular flexibility index (Phi) is 7.39. The van der Waals surface area contributed by atoms with Crippen molar-refractivity contribution in [3.05, 3.63) is 200 Å². The van der Waals surface area contributed by atoms with Crippen LogP contribution in [-0.4, -0.2) is 0 Å². The number of benzene rings is 9. The molecule has 0 spiro atoms. The quantitative estimate of drug-likeness (QED) is 0.170. The maximum absolute atomic E-state index is 6.25. The van der Waals surface area contributed by atoms with Gasteiger partial charge in [0, 0.05) is 37.6 Å². The number of thiophene rings is 1. The molecule has 2 aromatic heterocycles. The fourth-order valence-corrected chi connectivity index (χ4v) is 9.67. The lowest BCUT2D eigenvalue weighted by Crippen LogP contribution is -2.10. The molecule has 11 aromatic rings. The minimum atomic E-state index is 0.905. The van der Waals surface area contributed by atoms with Crippen LogP contribution in [0, 0.1) is 0 Å². The summed E-state index contributed by atoms with van der Waals surface area (Å²) >= 11 is 1.88. The van der Waals surface area contributed by atoms with Crippen LogP contribution >= 0.6 is 11.3 Å². The van der Waals surface area contributed by atoms with Crippen molar-refractivity contribution in [3.8, 4) is 33.4 Å². The van der Waals surface area contributed by atoms with Crippen LogP contribution in [0.15, 0.2) is 205 Å². The van der Waals surface area contributed by atoms with E-state index in [1.165, 1.54) is 58.8 Å². The molecular weight excluding hydrogens is 687 g/mol. The van der Waals surface area contributed by atoms with E-state index in [2.05, 4.69) is 193 Å². The van der Waals surface area contributed by atoms with Crippen LogP contribution in [0.1, 0.15) is 0 Å². The van der Waals surface area contributed by atoms with E-state index >= 15 is 0 Å². The Morgan fingerprint density at radius 3 is 1.67 bits per heavy atom. The van der Waals surface area contributed by atoms with Crippen LogP contribution in [0.4, 0.5) is 17.1 Å². The summed E-state index contributed by atoms with van der Waals surface area (Å²) in [6.45, 7) is 0. The Balaban J connectivity index is 1.09. The predicted octanol–water partition coefficient (Wildman–Crippen LogP) is 15.6. The van der Waals surface area contributed by atoms with Crippen LogP contribution in [0.3, 0.4) is 0 Å². The van der Waals surface area contributed by atoms with Gasteiger partial charge in [0.25, 0.3) is 0 Å². The van der Waals surface area contributed by atoms with Gasteiger partial charge in [-0.15, -0.1) is 11.3 Å². The first-order valence-electron chi connectivity index (χ1n) is 18.7. The zero-order valence-corrected chi connectivity index (χ0v) is 30.6. The van der Waals surface area contributed by atoms with E-state index in [4.69, 9.17) is 4.42 Å². The van der Waals surface area contributed by atoms with Crippen LogP contribution in [0.25, 0.3) is 86.3 Å². The van der Waals surface area contributed by atoms with E-state index in [1.807, 2.05) is 23.5 Å². The maximum Gasteiger partial charge on any atom is 0.136 e. The summed E-state index contributed by atoms with van der Waals surface area (Å²) < 4.78 is 8.82. The molecule has 11 rings (SSSR count). The van der Waals surface area contributed by atoms with Crippen LogP contribution in [-0.2, 0) is 0 Å². The third-order valence-electron chi connectivity index (χ3n) is 10.9. The highest BCUT2D eigenvalue weighted by Gasteiger charge is 2.20. The van der Waals surface area contributed by atoms with E-state index in [1.54, 1.807) is 0 Å². The number of fused-ring (bicyclic) bond motifs is 7. The number of anilines is 3. The summed E-state index contributed by atoms with van der Waals surface area (Å²) in [6.07, 6.45) is 0. The van der Waals surface area contributed by atoms with Gasteiger partial charge in [0.05, 0.1) is 10.4 Å². The number of hydrogen-bond acceptors (Lipinski definition) is 3. The molecule has 0 N–H and O–H groups in total. The minimum Gasteiger partial charge on any atom is -0.456 e. The topological polar surface area (TPSA) is 16.4 Å². The highest BCUT2D eigenvalue weighted by Crippen LogP contribution is 2.48. The van der Waals surface area contributed by atoms with Crippen LogP contribution in [0.2, 0.25) is 0 Å². The standard InChI is InChI=1S/C52H33NOS/c1-2-12-35(13-3-1)43-20-9-21-44-45-22-10-23-47(52(45)55-51(43)44)53(38-30-26-36(27-31-38)41-18-8-15-34-14-4-5-16-40(34)41)39-32-28-37(29-33-39)42-19-11-25-49-50(42)46-17-6-7-24-48(46)54-49/h1-33H. The average Bonchev–Trinajstić information content (AvgIpc) is 3.84. The summed E-state index contributed by atoms with van der Waals surface area (Å²) in [4.78, 5) is 2.42. The fourth-order valence-electron chi connectivity index (χ4n) is 8.33. The van der Waals surface area contributed by atoms with E-state index < -0.39 is 0 Å². The average molecular weight is 720 g/mol. The molecule has 0 aliphatic heterocycles. The van der Waals surface area contributed by atoms with E-state index in [-0.39, 0.29) is 0 Å². The molecule has 0 radical (unpaired) electrons. The third kappa shape index (κ3) is 5.24. The molecule has 0 fully saturated rings. The molecule has 0 saturated heterocycles. The van der Waals surface area contributed by atoms with E-state index in [0.29, 0.717) is 0 Å². The number of para-hydroxylation sites is 1. The lowest BCUT2D eigenvalue weighted by molar-refractivity contribution is 0.669. The molecule has 0 aliphatic carbocycles. The molecule has 0 aliphatic rings. The van der Waals surface area contributed by atoms with Crippen molar-refractivity contribution in [2.45, 2.75) is 0 Å². The lowest BCUT2D eigenvalue weighted by atomic mass is 9.97. The van der Waals surface area contributed by atoms with Crippen molar-refractivity contribution in [1.82, 2.24) is 0 Å². The first kappa shape index (κ1) is 31.6. The van der Waals surface area contributed by atoms with Gasteiger partial charge < -0.3 is 9.32 Å². The Labute approximate surface area is 322 Å². The second-order valence-corrected chi connectivity index (χ2v) is 15.1. The zero-order chi connectivity index (χ0) is 36.3. The first-order valence-corrected chi connectivity index (χ1v) is 19.5. The van der Waals surface area contributed by atoms with E-state index in [0.717, 1.165) is 44.6 Å². The molecule has 2 nitrogen and oxygen atoms in total. The Bertz CT molecular complexity index is 3190. The molecule has 9 aromatic carbocycles. The number of nitrogens with zero attached hydrogens (tertiary/aromatic N) is 1. The Morgan fingerprint density at radius 1 is 0.345 bits per heavy atom. The van der Waals surface area contributed by atoms with Gasteiger partial charge in [-0.2, -0.15) is 0 Å². The smallest absolute Gasteiger partial charge is 0.136 e. The second kappa shape index (κ2) is 12.9. The first-order chi connectivity index (χ1) is 27.3. The van der Waals surface area contributed by atoms with Gasteiger partial charge in [-0.05, 0) is 86.6 Å². The van der Waals surface area contributed by atoms with E-state index in [9.17, 15) is 0 Å². The van der Waals surface area contributed by atoms with Crippen molar-refractivity contribution in [3.63, 3.8) is 0 Å². The monoisotopic (exact) mass is 719 g/mol. The third-order valence-corrected chi connectivity index (χ3v) is 12.2. The Hall–Kier alpha value is -6.94. The largest absolute Gasteiger partial charge is 0.456 e. The highest BCUT2D eigenvalue weighted by molar-refractivity contribution is 7.27. The fraction of sp³-hybridized carbons (Fsp3) is 0. The predicted molar refractivity (Wildman–Crippen MR) is 235 cm³/mol. The normalized spacial score (nSPS) is 11.6. The summed E-state index contributed by atoms with van der Waals surface area (Å²) in [5, 5.41) is 7.34. The highest BCUT2D eigenvalue weighted by atomic mass is 32.1. The molecule has 258 valence electrons. The van der Waals surface area contributed by atoms with Crippen molar-refractivity contribution in [2.24, 2.45) is 0 Å². The maximum atomic E-state index is 6.25. The molecule has 0 saturated carbocycles. The molecule has 3 heteroatoms. The molecule has 2 heterocycles. The SMILES string of the molecule is c1ccc(-c2cccc3c2sc2c(N(c4ccc(-c5cccc6ccccc56)cc4)c4ccc(-c5cccc6oc7ccccc7c56)cc4)cccc23)cc1. The summed E-state index contributed by atoms with van der Waals surface area (Å²) in [5.74, 6) is 0. The van der Waals surface area contributed by atoms with Gasteiger partial charge >= 0.3 is 0 Å². The summed E-state index contributed by atoms with van der Waals surface area (Å²) in [7, 11) is 0. The van der Waals surface area contributed by atoms with Gasteiger partial charge in [-0.3, -0.25) is 0 Å². The van der Waals surface area contributed by atoms with Crippen molar-refractivity contribution >= 4 is 81.3 Å². The van der Waals surface area contributed by atoms with Gasteiger partial charge in [0.15, 0.2) is 0 Å². The van der Waals surface area contributed by atoms with Crippen LogP contribution < -0.4 is 4.90 Å². The van der Waals surface area contributed by atoms with Crippen molar-refractivity contribution in [2.75, 3.05) is 4.90 Å². The zero-order valence-electron chi connectivity index (χ0n) is 29.8. The molecule has 0 amide bonds. The van der Waals surface area contributed by atoms with Gasteiger partial charge in [-0.1, -0.05) is 158 Å². The second-order valence-electron chi connectivity index (χ2n) is 14.0. The lowest BCUT2D eigenvalue weighted by Gasteiger charge is -2.26. The number of rotatable bonds is 6. The molecule has 55 heavy (non-hydrogen) atoms. The molecule has 0 unspecified atom stereocenters. The van der Waals surface area contributed by atoms with Crippen molar-refractivity contribution < 1.29 is 4.42 Å². The van der Waals surface area contributed by atoms with Gasteiger partial charge in [-0.25, -0.2) is 0 Å². The Morgan fingerprint density at radius 2 is 0.873 bits per heavy atom.